The Kier molecular flexibility index (Phi) is 4.66. The molecule has 2 N–H and O–H groups in total. The standard InChI is InChI=1S/C16H17NO4/c1-19-13-6-3-11(4-7-13)10-21-16(18)14-9-12(17)5-8-15(14)20-2/h3-9H,10,17H2,1-2H3. The Labute approximate surface area is 123 Å². The fourth-order valence-electron chi connectivity index (χ4n) is 1.83. The lowest BCUT2D eigenvalue weighted by molar-refractivity contribution is 0.0469. The fourth-order valence-corrected chi connectivity index (χ4v) is 1.83. The third-order valence-electron chi connectivity index (χ3n) is 2.97. The molecule has 0 bridgehead atoms. The van der Waals surface area contributed by atoms with Crippen molar-refractivity contribution in [1.82, 2.24) is 0 Å². The summed E-state index contributed by atoms with van der Waals surface area (Å²) in [5.41, 5.74) is 7.34. The van der Waals surface area contributed by atoms with Gasteiger partial charge in [0, 0.05) is 5.69 Å². The molecule has 0 saturated carbocycles. The number of carbonyl (C=O) groups excluding carboxylic acids is 1. The fraction of sp³-hybridized carbons (Fsp3) is 0.188. The number of ether oxygens (including phenoxy) is 3. The summed E-state index contributed by atoms with van der Waals surface area (Å²) in [6, 6.07) is 12.1. The van der Waals surface area contributed by atoms with Crippen LogP contribution in [0, 0.1) is 0 Å². The molecule has 0 spiro atoms. The molecule has 0 aliphatic carbocycles. The highest BCUT2D eigenvalue weighted by Crippen LogP contribution is 2.22. The molecule has 0 heterocycles. The van der Waals surface area contributed by atoms with E-state index in [1.165, 1.54) is 13.2 Å². The van der Waals surface area contributed by atoms with Gasteiger partial charge >= 0.3 is 5.97 Å². The van der Waals surface area contributed by atoms with E-state index < -0.39 is 5.97 Å². The molecule has 0 aliphatic rings. The molecule has 0 radical (unpaired) electrons. The number of methoxy groups -OCH3 is 2. The first kappa shape index (κ1) is 14.7. The van der Waals surface area contributed by atoms with Crippen molar-refractivity contribution >= 4 is 11.7 Å². The van der Waals surface area contributed by atoms with Crippen LogP contribution >= 0.6 is 0 Å². The van der Waals surface area contributed by atoms with Gasteiger partial charge in [-0.25, -0.2) is 4.79 Å². The number of hydrogen-bond acceptors (Lipinski definition) is 5. The summed E-state index contributed by atoms with van der Waals surface area (Å²) in [5.74, 6) is 0.710. The zero-order valence-corrected chi connectivity index (χ0v) is 12.0. The summed E-state index contributed by atoms with van der Waals surface area (Å²) >= 11 is 0. The third-order valence-corrected chi connectivity index (χ3v) is 2.97. The van der Waals surface area contributed by atoms with Crippen molar-refractivity contribution in [3.05, 3.63) is 53.6 Å². The van der Waals surface area contributed by atoms with Crippen LogP contribution in [0.1, 0.15) is 15.9 Å². The maximum Gasteiger partial charge on any atom is 0.342 e. The molecule has 0 saturated heterocycles. The predicted octanol–water partition coefficient (Wildman–Crippen LogP) is 2.64. The molecule has 0 aromatic heterocycles. The van der Waals surface area contributed by atoms with Crippen LogP contribution in [0.4, 0.5) is 5.69 Å². The maximum atomic E-state index is 12.1. The van der Waals surface area contributed by atoms with E-state index in [2.05, 4.69) is 0 Å². The van der Waals surface area contributed by atoms with Crippen LogP contribution in [0.25, 0.3) is 0 Å². The van der Waals surface area contributed by atoms with Gasteiger partial charge in [0.05, 0.1) is 14.2 Å². The van der Waals surface area contributed by atoms with E-state index in [1.807, 2.05) is 24.3 Å². The Hall–Kier alpha value is -2.69. The molecule has 5 nitrogen and oxygen atoms in total. The monoisotopic (exact) mass is 287 g/mol. The maximum absolute atomic E-state index is 12.1. The number of benzene rings is 2. The summed E-state index contributed by atoms with van der Waals surface area (Å²) < 4.78 is 15.5. The predicted molar refractivity (Wildman–Crippen MR) is 79.5 cm³/mol. The number of esters is 1. The van der Waals surface area contributed by atoms with Gasteiger partial charge in [0.15, 0.2) is 0 Å². The van der Waals surface area contributed by atoms with Crippen LogP contribution in [0.2, 0.25) is 0 Å². The Morgan fingerprint density at radius 3 is 2.38 bits per heavy atom. The van der Waals surface area contributed by atoms with Crippen molar-refractivity contribution in [2.75, 3.05) is 20.0 Å². The van der Waals surface area contributed by atoms with Crippen LogP contribution in [-0.2, 0) is 11.3 Å². The highest BCUT2D eigenvalue weighted by Gasteiger charge is 2.14. The number of anilines is 1. The van der Waals surface area contributed by atoms with E-state index in [0.717, 1.165) is 11.3 Å². The number of hydrogen-bond donors (Lipinski definition) is 1. The average Bonchev–Trinajstić information content (AvgIpc) is 2.53. The van der Waals surface area contributed by atoms with Crippen molar-refractivity contribution in [2.24, 2.45) is 0 Å². The SMILES string of the molecule is COc1ccc(COC(=O)c2cc(N)ccc2OC)cc1. The molecule has 2 aromatic rings. The summed E-state index contributed by atoms with van der Waals surface area (Å²) in [7, 11) is 3.09. The quantitative estimate of drug-likeness (QED) is 0.676. The van der Waals surface area contributed by atoms with Gasteiger partial charge in [-0.15, -0.1) is 0 Å². The van der Waals surface area contributed by atoms with Crippen molar-refractivity contribution < 1.29 is 19.0 Å². The topological polar surface area (TPSA) is 70.8 Å². The molecule has 5 heteroatoms. The van der Waals surface area contributed by atoms with Gasteiger partial charge in [-0.2, -0.15) is 0 Å². The van der Waals surface area contributed by atoms with Gasteiger partial charge in [0.1, 0.15) is 23.7 Å². The minimum atomic E-state index is -0.477. The van der Waals surface area contributed by atoms with Crippen LogP contribution < -0.4 is 15.2 Å². The highest BCUT2D eigenvalue weighted by molar-refractivity contribution is 5.93. The van der Waals surface area contributed by atoms with Gasteiger partial charge in [-0.05, 0) is 35.9 Å². The molecule has 0 atom stereocenters. The number of nitrogens with two attached hydrogens (primary N) is 1. The molecular formula is C16H17NO4. The van der Waals surface area contributed by atoms with Crippen molar-refractivity contribution in [2.45, 2.75) is 6.61 Å². The molecule has 110 valence electrons. The number of nitrogen functional groups attached to an aromatic ring is 1. The average molecular weight is 287 g/mol. The van der Waals surface area contributed by atoms with E-state index in [0.29, 0.717) is 17.0 Å². The zero-order chi connectivity index (χ0) is 15.2. The van der Waals surface area contributed by atoms with Crippen LogP contribution in [-0.4, -0.2) is 20.2 Å². The third kappa shape index (κ3) is 3.66. The van der Waals surface area contributed by atoms with Crippen molar-refractivity contribution in [3.63, 3.8) is 0 Å². The second-order valence-electron chi connectivity index (χ2n) is 4.38. The lowest BCUT2D eigenvalue weighted by atomic mass is 10.2. The summed E-state index contributed by atoms with van der Waals surface area (Å²) in [5, 5.41) is 0. The van der Waals surface area contributed by atoms with E-state index in [4.69, 9.17) is 19.9 Å². The second-order valence-corrected chi connectivity index (χ2v) is 4.38. The first-order valence-electron chi connectivity index (χ1n) is 6.37. The zero-order valence-electron chi connectivity index (χ0n) is 12.0. The molecule has 0 aliphatic heterocycles. The summed E-state index contributed by atoms with van der Waals surface area (Å²) in [6.07, 6.45) is 0. The lowest BCUT2D eigenvalue weighted by Gasteiger charge is -2.10. The summed E-state index contributed by atoms with van der Waals surface area (Å²) in [6.45, 7) is 0.167. The van der Waals surface area contributed by atoms with E-state index in [-0.39, 0.29) is 6.61 Å². The van der Waals surface area contributed by atoms with Gasteiger partial charge in [-0.3, -0.25) is 0 Å². The molecule has 0 amide bonds. The Balaban J connectivity index is 2.05. The van der Waals surface area contributed by atoms with Crippen molar-refractivity contribution in [1.29, 1.82) is 0 Å². The first-order chi connectivity index (χ1) is 10.1. The normalized spacial score (nSPS) is 10.0. The molecule has 0 fully saturated rings. The Bertz CT molecular complexity index is 623. The minimum absolute atomic E-state index is 0.167. The van der Waals surface area contributed by atoms with Gasteiger partial charge in [0.2, 0.25) is 0 Å². The van der Waals surface area contributed by atoms with E-state index in [9.17, 15) is 4.79 Å². The van der Waals surface area contributed by atoms with Crippen LogP contribution in [0.5, 0.6) is 11.5 Å². The van der Waals surface area contributed by atoms with Gasteiger partial charge in [0.25, 0.3) is 0 Å². The number of carbonyl (C=O) groups is 1. The molecule has 0 unspecified atom stereocenters. The molecule has 21 heavy (non-hydrogen) atoms. The summed E-state index contributed by atoms with van der Waals surface area (Å²) in [4.78, 5) is 12.1. The lowest BCUT2D eigenvalue weighted by Crippen LogP contribution is -2.08. The van der Waals surface area contributed by atoms with Gasteiger partial charge in [-0.1, -0.05) is 12.1 Å². The Morgan fingerprint density at radius 1 is 1.05 bits per heavy atom. The smallest absolute Gasteiger partial charge is 0.342 e. The van der Waals surface area contributed by atoms with E-state index in [1.54, 1.807) is 19.2 Å². The molecule has 2 rings (SSSR count). The van der Waals surface area contributed by atoms with E-state index >= 15 is 0 Å². The molecule has 2 aromatic carbocycles. The minimum Gasteiger partial charge on any atom is -0.497 e. The number of rotatable bonds is 5. The Morgan fingerprint density at radius 2 is 1.76 bits per heavy atom. The molecular weight excluding hydrogens is 270 g/mol. The second kappa shape index (κ2) is 6.65. The van der Waals surface area contributed by atoms with Crippen LogP contribution in [0.3, 0.4) is 0 Å². The first-order valence-corrected chi connectivity index (χ1v) is 6.37. The van der Waals surface area contributed by atoms with Gasteiger partial charge < -0.3 is 19.9 Å². The van der Waals surface area contributed by atoms with Crippen LogP contribution in [0.15, 0.2) is 42.5 Å². The highest BCUT2D eigenvalue weighted by atomic mass is 16.5. The van der Waals surface area contributed by atoms with Crippen molar-refractivity contribution in [3.8, 4) is 11.5 Å². The largest absolute Gasteiger partial charge is 0.497 e.